The van der Waals surface area contributed by atoms with Crippen LogP contribution in [0, 0.1) is 6.92 Å². The van der Waals surface area contributed by atoms with Crippen LogP contribution < -0.4 is 10.0 Å². The topological polar surface area (TPSA) is 95.5 Å². The molecular formula is C17H20N2O4S. The number of rotatable bonds is 6. The first-order valence-corrected chi connectivity index (χ1v) is 8.91. The van der Waals surface area contributed by atoms with Crippen molar-refractivity contribution in [3.8, 4) is 0 Å². The van der Waals surface area contributed by atoms with E-state index in [0.29, 0.717) is 11.3 Å². The van der Waals surface area contributed by atoms with Crippen LogP contribution in [-0.4, -0.2) is 32.1 Å². The van der Waals surface area contributed by atoms with Gasteiger partial charge >= 0.3 is 0 Å². The lowest BCUT2D eigenvalue weighted by Gasteiger charge is -2.12. The SMILES string of the molecule is Cc1ccc(S(=O)(=O)Nc2ccc(C(=O)N[C@H](C)CO)cc2)cc1. The van der Waals surface area contributed by atoms with Gasteiger partial charge in [-0.15, -0.1) is 0 Å². The van der Waals surface area contributed by atoms with E-state index in [1.165, 1.54) is 36.4 Å². The summed E-state index contributed by atoms with van der Waals surface area (Å²) in [5.74, 6) is -0.329. The zero-order chi connectivity index (χ0) is 17.7. The summed E-state index contributed by atoms with van der Waals surface area (Å²) in [5, 5.41) is 11.6. The van der Waals surface area contributed by atoms with Gasteiger partial charge in [0, 0.05) is 17.3 Å². The molecule has 0 bridgehead atoms. The molecule has 7 heteroatoms. The summed E-state index contributed by atoms with van der Waals surface area (Å²) in [7, 11) is -3.67. The summed E-state index contributed by atoms with van der Waals surface area (Å²) in [6.45, 7) is 3.41. The Hall–Kier alpha value is -2.38. The second kappa shape index (κ2) is 7.46. The van der Waals surface area contributed by atoms with Crippen molar-refractivity contribution in [1.29, 1.82) is 0 Å². The predicted octanol–water partition coefficient (Wildman–Crippen LogP) is 1.91. The second-order valence-electron chi connectivity index (χ2n) is 5.55. The number of carbonyl (C=O) groups excluding carboxylic acids is 1. The normalized spacial score (nSPS) is 12.5. The van der Waals surface area contributed by atoms with Crippen molar-refractivity contribution in [1.82, 2.24) is 5.32 Å². The Labute approximate surface area is 141 Å². The predicted molar refractivity (Wildman–Crippen MR) is 92.4 cm³/mol. The van der Waals surface area contributed by atoms with Gasteiger partial charge in [0.25, 0.3) is 15.9 Å². The highest BCUT2D eigenvalue weighted by Crippen LogP contribution is 2.17. The zero-order valence-corrected chi connectivity index (χ0v) is 14.3. The summed E-state index contributed by atoms with van der Waals surface area (Å²) in [4.78, 5) is 12.1. The number of aliphatic hydroxyl groups is 1. The third-order valence-corrected chi connectivity index (χ3v) is 4.78. The van der Waals surface area contributed by atoms with E-state index in [1.807, 2.05) is 6.92 Å². The molecule has 0 aliphatic rings. The molecule has 2 aromatic rings. The Morgan fingerprint density at radius 2 is 1.67 bits per heavy atom. The van der Waals surface area contributed by atoms with E-state index >= 15 is 0 Å². The van der Waals surface area contributed by atoms with E-state index in [-0.39, 0.29) is 23.5 Å². The van der Waals surface area contributed by atoms with Gasteiger partial charge in [-0.05, 0) is 50.2 Å². The highest BCUT2D eigenvalue weighted by atomic mass is 32.2. The first-order valence-electron chi connectivity index (χ1n) is 7.43. The van der Waals surface area contributed by atoms with Gasteiger partial charge in [0.2, 0.25) is 0 Å². The van der Waals surface area contributed by atoms with Crippen LogP contribution in [0.2, 0.25) is 0 Å². The minimum Gasteiger partial charge on any atom is -0.394 e. The third kappa shape index (κ3) is 4.56. The molecule has 6 nitrogen and oxygen atoms in total. The third-order valence-electron chi connectivity index (χ3n) is 3.38. The maximum atomic E-state index is 12.3. The molecule has 2 rings (SSSR count). The van der Waals surface area contributed by atoms with Crippen LogP contribution in [0.1, 0.15) is 22.8 Å². The number of benzene rings is 2. The molecule has 3 N–H and O–H groups in total. The van der Waals surface area contributed by atoms with Crippen molar-refractivity contribution in [3.05, 3.63) is 59.7 Å². The van der Waals surface area contributed by atoms with Gasteiger partial charge in [0.1, 0.15) is 0 Å². The van der Waals surface area contributed by atoms with E-state index in [0.717, 1.165) is 5.56 Å². The summed E-state index contributed by atoms with van der Waals surface area (Å²) in [6, 6.07) is 12.3. The smallest absolute Gasteiger partial charge is 0.261 e. The minimum absolute atomic E-state index is 0.153. The van der Waals surface area contributed by atoms with Crippen LogP contribution in [0.3, 0.4) is 0 Å². The molecular weight excluding hydrogens is 328 g/mol. The number of anilines is 1. The Balaban J connectivity index is 2.11. The van der Waals surface area contributed by atoms with Gasteiger partial charge in [-0.25, -0.2) is 8.42 Å². The van der Waals surface area contributed by atoms with E-state index in [4.69, 9.17) is 5.11 Å². The molecule has 0 unspecified atom stereocenters. The molecule has 0 aromatic heterocycles. The highest BCUT2D eigenvalue weighted by Gasteiger charge is 2.14. The monoisotopic (exact) mass is 348 g/mol. The highest BCUT2D eigenvalue weighted by molar-refractivity contribution is 7.92. The molecule has 0 radical (unpaired) electrons. The van der Waals surface area contributed by atoms with Crippen molar-refractivity contribution >= 4 is 21.6 Å². The zero-order valence-electron chi connectivity index (χ0n) is 13.5. The van der Waals surface area contributed by atoms with Crippen molar-refractivity contribution in [3.63, 3.8) is 0 Å². The van der Waals surface area contributed by atoms with Crippen LogP contribution in [0.5, 0.6) is 0 Å². The Morgan fingerprint density at radius 3 is 2.21 bits per heavy atom. The van der Waals surface area contributed by atoms with Crippen LogP contribution in [-0.2, 0) is 10.0 Å². The Kier molecular flexibility index (Phi) is 5.58. The molecule has 1 amide bonds. The molecule has 0 aliphatic carbocycles. The number of aliphatic hydroxyl groups excluding tert-OH is 1. The number of hydrogen-bond donors (Lipinski definition) is 3. The van der Waals surface area contributed by atoms with Gasteiger partial charge < -0.3 is 10.4 Å². The van der Waals surface area contributed by atoms with Crippen molar-refractivity contribution in [2.75, 3.05) is 11.3 Å². The molecule has 0 aliphatic heterocycles. The number of carbonyl (C=O) groups is 1. The summed E-state index contributed by atoms with van der Waals surface area (Å²) in [6.07, 6.45) is 0. The number of hydrogen-bond acceptors (Lipinski definition) is 4. The van der Waals surface area contributed by atoms with Gasteiger partial charge in [-0.3, -0.25) is 9.52 Å². The number of nitrogens with one attached hydrogen (secondary N) is 2. The lowest BCUT2D eigenvalue weighted by Crippen LogP contribution is -2.34. The van der Waals surface area contributed by atoms with E-state index in [9.17, 15) is 13.2 Å². The average Bonchev–Trinajstić information content (AvgIpc) is 2.55. The van der Waals surface area contributed by atoms with Crippen molar-refractivity contribution in [2.24, 2.45) is 0 Å². The average molecular weight is 348 g/mol. The standard InChI is InChI=1S/C17H20N2O4S/c1-12-3-9-16(10-4-12)24(22,23)19-15-7-5-14(6-8-15)17(21)18-13(2)11-20/h3-10,13,19-20H,11H2,1-2H3,(H,18,21)/t13-/m1/s1. The molecule has 0 fully saturated rings. The molecule has 0 heterocycles. The Morgan fingerprint density at radius 1 is 1.08 bits per heavy atom. The second-order valence-corrected chi connectivity index (χ2v) is 7.24. The number of aryl methyl sites for hydroxylation is 1. The first kappa shape index (κ1) is 18.0. The van der Waals surface area contributed by atoms with Gasteiger partial charge in [-0.1, -0.05) is 17.7 Å². The summed E-state index contributed by atoms with van der Waals surface area (Å²) >= 11 is 0. The van der Waals surface area contributed by atoms with Crippen LogP contribution in [0.15, 0.2) is 53.4 Å². The molecule has 0 saturated carbocycles. The van der Waals surface area contributed by atoms with Crippen LogP contribution in [0.25, 0.3) is 0 Å². The molecule has 128 valence electrons. The summed E-state index contributed by atoms with van der Waals surface area (Å²) in [5.41, 5.74) is 1.72. The fourth-order valence-electron chi connectivity index (χ4n) is 1.97. The molecule has 24 heavy (non-hydrogen) atoms. The van der Waals surface area contributed by atoms with Gasteiger partial charge in [0.15, 0.2) is 0 Å². The quantitative estimate of drug-likeness (QED) is 0.743. The largest absolute Gasteiger partial charge is 0.394 e. The molecule has 1 atom stereocenters. The lowest BCUT2D eigenvalue weighted by atomic mass is 10.2. The molecule has 0 saturated heterocycles. The number of sulfonamides is 1. The molecule has 0 spiro atoms. The van der Waals surface area contributed by atoms with Crippen molar-refractivity contribution in [2.45, 2.75) is 24.8 Å². The van der Waals surface area contributed by atoms with E-state index < -0.39 is 10.0 Å². The maximum absolute atomic E-state index is 12.3. The fourth-order valence-corrected chi connectivity index (χ4v) is 3.03. The summed E-state index contributed by atoms with van der Waals surface area (Å²) < 4.78 is 27.1. The molecule has 2 aromatic carbocycles. The van der Waals surface area contributed by atoms with Gasteiger partial charge in [-0.2, -0.15) is 0 Å². The lowest BCUT2D eigenvalue weighted by molar-refractivity contribution is 0.0922. The van der Waals surface area contributed by atoms with Crippen molar-refractivity contribution < 1.29 is 18.3 Å². The van der Waals surface area contributed by atoms with E-state index in [1.54, 1.807) is 19.1 Å². The fraction of sp³-hybridized carbons (Fsp3) is 0.235. The Bertz CT molecular complexity index is 799. The van der Waals surface area contributed by atoms with Crippen LogP contribution in [0.4, 0.5) is 5.69 Å². The number of amides is 1. The minimum atomic E-state index is -3.67. The van der Waals surface area contributed by atoms with Gasteiger partial charge in [0.05, 0.1) is 11.5 Å². The van der Waals surface area contributed by atoms with E-state index in [2.05, 4.69) is 10.0 Å². The maximum Gasteiger partial charge on any atom is 0.261 e. The van der Waals surface area contributed by atoms with Crippen LogP contribution >= 0.6 is 0 Å². The first-order chi connectivity index (χ1) is 11.3.